The molecule has 25 heavy (non-hydrogen) atoms. The quantitative estimate of drug-likeness (QED) is 0.772. The molecule has 1 unspecified atom stereocenters. The zero-order valence-corrected chi connectivity index (χ0v) is 14.4. The highest BCUT2D eigenvalue weighted by Gasteiger charge is 2.63. The molecular formula is C18H19N3O4. The topological polar surface area (TPSA) is 82.9 Å². The van der Waals surface area contributed by atoms with Gasteiger partial charge in [0, 0.05) is 13.5 Å². The van der Waals surface area contributed by atoms with Gasteiger partial charge in [0.2, 0.25) is 18.6 Å². The van der Waals surface area contributed by atoms with Gasteiger partial charge in [0.15, 0.2) is 11.5 Å². The number of piperazine rings is 1. The molecule has 0 aromatic heterocycles. The van der Waals surface area contributed by atoms with Gasteiger partial charge in [-0.05, 0) is 31.5 Å². The Morgan fingerprint density at radius 1 is 1.24 bits per heavy atom. The molecule has 3 heterocycles. The summed E-state index contributed by atoms with van der Waals surface area (Å²) in [5, 5.41) is 9.88. The first-order valence-corrected chi connectivity index (χ1v) is 8.19. The molecule has 0 radical (unpaired) electrons. The van der Waals surface area contributed by atoms with Gasteiger partial charge < -0.3 is 19.3 Å². The van der Waals surface area contributed by atoms with Crippen LogP contribution in [0.15, 0.2) is 18.2 Å². The summed E-state index contributed by atoms with van der Waals surface area (Å²) >= 11 is 0. The number of hydrogen-bond donors (Lipinski definition) is 0. The Morgan fingerprint density at radius 2 is 1.96 bits per heavy atom. The molecule has 130 valence electrons. The van der Waals surface area contributed by atoms with Crippen LogP contribution in [-0.4, -0.2) is 47.5 Å². The fourth-order valence-electron chi connectivity index (χ4n) is 4.53. The molecule has 2 fully saturated rings. The van der Waals surface area contributed by atoms with Crippen molar-refractivity contribution in [3.63, 3.8) is 0 Å². The van der Waals surface area contributed by atoms with E-state index in [-0.39, 0.29) is 25.2 Å². The Hall–Kier alpha value is -2.75. The maximum Gasteiger partial charge on any atom is 0.248 e. The van der Waals surface area contributed by atoms with Crippen LogP contribution in [0.1, 0.15) is 31.9 Å². The summed E-state index contributed by atoms with van der Waals surface area (Å²) in [6.45, 7) is 3.75. The zero-order chi connectivity index (χ0) is 18.0. The summed E-state index contributed by atoms with van der Waals surface area (Å²) in [6.07, 6.45) is 0.296. The summed E-state index contributed by atoms with van der Waals surface area (Å²) in [6, 6.07) is 7.28. The smallest absolute Gasteiger partial charge is 0.248 e. The molecule has 2 saturated heterocycles. The lowest BCUT2D eigenvalue weighted by Crippen LogP contribution is -2.63. The van der Waals surface area contributed by atoms with Gasteiger partial charge in [0.25, 0.3) is 0 Å². The van der Waals surface area contributed by atoms with E-state index in [1.54, 1.807) is 24.9 Å². The second-order valence-electron chi connectivity index (χ2n) is 7.42. The minimum Gasteiger partial charge on any atom is -0.454 e. The molecule has 0 bridgehead atoms. The average molecular weight is 341 g/mol. The lowest BCUT2D eigenvalue weighted by molar-refractivity contribution is -0.161. The van der Waals surface area contributed by atoms with Gasteiger partial charge in [-0.25, -0.2) is 0 Å². The number of likely N-dealkylation sites (N-methyl/N-ethyl adjacent to an activating group) is 1. The number of fused-ring (bicyclic) bond motifs is 2. The van der Waals surface area contributed by atoms with Crippen molar-refractivity contribution >= 4 is 11.8 Å². The van der Waals surface area contributed by atoms with Crippen LogP contribution < -0.4 is 9.47 Å². The number of ether oxygens (including phenoxy) is 2. The molecule has 0 saturated carbocycles. The Labute approximate surface area is 145 Å². The van der Waals surface area contributed by atoms with E-state index < -0.39 is 17.0 Å². The van der Waals surface area contributed by atoms with E-state index >= 15 is 0 Å². The molecular weight excluding hydrogens is 322 g/mol. The molecule has 7 heteroatoms. The molecule has 4 rings (SSSR count). The van der Waals surface area contributed by atoms with Gasteiger partial charge in [-0.15, -0.1) is 0 Å². The van der Waals surface area contributed by atoms with Crippen molar-refractivity contribution in [3.05, 3.63) is 23.8 Å². The number of benzene rings is 1. The third-order valence-electron chi connectivity index (χ3n) is 5.52. The molecule has 1 aromatic carbocycles. The van der Waals surface area contributed by atoms with Crippen molar-refractivity contribution in [2.45, 2.75) is 31.8 Å². The first-order valence-electron chi connectivity index (χ1n) is 8.19. The van der Waals surface area contributed by atoms with Crippen LogP contribution >= 0.6 is 0 Å². The van der Waals surface area contributed by atoms with Crippen LogP contribution in [0, 0.1) is 16.7 Å². The summed E-state index contributed by atoms with van der Waals surface area (Å²) < 4.78 is 10.8. The second-order valence-corrected chi connectivity index (χ2v) is 7.42. The summed E-state index contributed by atoms with van der Waals surface area (Å²) in [7, 11) is 1.63. The Bertz CT molecular complexity index is 832. The molecule has 0 spiro atoms. The van der Waals surface area contributed by atoms with E-state index in [1.807, 2.05) is 19.1 Å². The highest BCUT2D eigenvalue weighted by atomic mass is 16.7. The summed E-state index contributed by atoms with van der Waals surface area (Å²) in [5.74, 6) is 0.964. The fourth-order valence-corrected chi connectivity index (χ4v) is 4.53. The Kier molecular flexibility index (Phi) is 3.08. The highest BCUT2D eigenvalue weighted by Crippen LogP contribution is 2.56. The predicted molar refractivity (Wildman–Crippen MR) is 86.5 cm³/mol. The van der Waals surface area contributed by atoms with Crippen molar-refractivity contribution in [2.75, 3.05) is 20.4 Å². The van der Waals surface area contributed by atoms with Crippen LogP contribution in [0.25, 0.3) is 0 Å². The van der Waals surface area contributed by atoms with E-state index in [9.17, 15) is 14.9 Å². The maximum atomic E-state index is 12.8. The third-order valence-corrected chi connectivity index (χ3v) is 5.52. The highest BCUT2D eigenvalue weighted by molar-refractivity contribution is 5.98. The molecule has 0 N–H and O–H groups in total. The van der Waals surface area contributed by atoms with Crippen molar-refractivity contribution in [1.82, 2.24) is 9.80 Å². The first kappa shape index (κ1) is 15.8. The van der Waals surface area contributed by atoms with Crippen LogP contribution in [0.5, 0.6) is 11.5 Å². The minimum absolute atomic E-state index is 0.0248. The normalized spacial score (nSPS) is 33.4. The second kappa shape index (κ2) is 4.88. The van der Waals surface area contributed by atoms with Gasteiger partial charge >= 0.3 is 0 Å². The Balaban J connectivity index is 1.86. The number of amides is 2. The van der Waals surface area contributed by atoms with Crippen molar-refractivity contribution in [1.29, 1.82) is 5.26 Å². The van der Waals surface area contributed by atoms with Gasteiger partial charge in [0.05, 0.1) is 24.1 Å². The standard InChI is InChI=1S/C18H19N3O4/c1-17(9-19)8-18(2)16(23)20(3)7-14(22)21(18)15(17)11-4-5-12-13(6-11)25-10-24-12/h4-6,15H,7-8,10H2,1-3H3/t15?,17-,18-/m1/s1. The minimum atomic E-state index is -1.02. The fraction of sp³-hybridized carbons (Fsp3) is 0.500. The number of carbonyl (C=O) groups is 2. The van der Waals surface area contributed by atoms with E-state index in [1.165, 1.54) is 4.90 Å². The van der Waals surface area contributed by atoms with E-state index in [2.05, 4.69) is 6.07 Å². The molecule has 1 aromatic rings. The number of nitrogens with zero attached hydrogens (tertiary/aromatic N) is 3. The number of hydrogen-bond acceptors (Lipinski definition) is 5. The number of rotatable bonds is 1. The van der Waals surface area contributed by atoms with Crippen LogP contribution in [0.3, 0.4) is 0 Å². The van der Waals surface area contributed by atoms with Crippen LogP contribution in [-0.2, 0) is 9.59 Å². The zero-order valence-electron chi connectivity index (χ0n) is 14.4. The summed E-state index contributed by atoms with van der Waals surface area (Å²) in [4.78, 5) is 28.7. The Morgan fingerprint density at radius 3 is 2.68 bits per heavy atom. The SMILES string of the molecule is CN1CC(=O)N2C(c3ccc4c(c3)OCO4)[C@@](C)(C#N)C[C@]2(C)C1=O. The maximum absolute atomic E-state index is 12.8. The number of carbonyl (C=O) groups excluding carboxylic acids is 2. The van der Waals surface area contributed by atoms with E-state index in [4.69, 9.17) is 9.47 Å². The predicted octanol–water partition coefficient (Wildman–Crippen LogP) is 1.45. The van der Waals surface area contributed by atoms with Crippen LogP contribution in [0.2, 0.25) is 0 Å². The molecule has 2 amide bonds. The largest absolute Gasteiger partial charge is 0.454 e. The average Bonchev–Trinajstić information content (AvgIpc) is 3.13. The molecule has 3 aliphatic rings. The first-order chi connectivity index (χ1) is 11.8. The molecule has 0 aliphatic carbocycles. The summed E-state index contributed by atoms with van der Waals surface area (Å²) in [5.41, 5.74) is -1.11. The van der Waals surface area contributed by atoms with Gasteiger partial charge in [-0.2, -0.15) is 5.26 Å². The van der Waals surface area contributed by atoms with Gasteiger partial charge in [-0.3, -0.25) is 9.59 Å². The van der Waals surface area contributed by atoms with Gasteiger partial charge in [-0.1, -0.05) is 6.07 Å². The van der Waals surface area contributed by atoms with Crippen LogP contribution in [0.4, 0.5) is 0 Å². The molecule has 3 aliphatic heterocycles. The monoisotopic (exact) mass is 341 g/mol. The lowest BCUT2D eigenvalue weighted by Gasteiger charge is -2.44. The van der Waals surface area contributed by atoms with Crippen molar-refractivity contribution < 1.29 is 19.1 Å². The number of nitriles is 1. The molecule has 3 atom stereocenters. The van der Waals surface area contributed by atoms with E-state index in [0.717, 1.165) is 5.56 Å². The third kappa shape index (κ3) is 1.97. The lowest BCUT2D eigenvalue weighted by atomic mass is 9.77. The van der Waals surface area contributed by atoms with Crippen molar-refractivity contribution in [2.24, 2.45) is 5.41 Å². The van der Waals surface area contributed by atoms with E-state index in [0.29, 0.717) is 17.9 Å². The van der Waals surface area contributed by atoms with Crippen molar-refractivity contribution in [3.8, 4) is 17.6 Å². The molecule has 7 nitrogen and oxygen atoms in total. The van der Waals surface area contributed by atoms with Gasteiger partial charge in [0.1, 0.15) is 5.54 Å².